The summed E-state index contributed by atoms with van der Waals surface area (Å²) < 4.78 is 5.99. The van der Waals surface area contributed by atoms with Crippen LogP contribution in [-0.2, 0) is 35.4 Å². The molecule has 0 heterocycles. The van der Waals surface area contributed by atoms with Crippen LogP contribution in [0.15, 0.2) is 47.1 Å². The molecule has 0 spiro atoms. The van der Waals surface area contributed by atoms with E-state index in [2.05, 4.69) is 5.16 Å². The van der Waals surface area contributed by atoms with Gasteiger partial charge in [-0.3, -0.25) is 19.2 Å². The van der Waals surface area contributed by atoms with Crippen molar-refractivity contribution in [2.24, 2.45) is 28.8 Å². The summed E-state index contributed by atoms with van der Waals surface area (Å²) in [6, 6.07) is 9.60. The van der Waals surface area contributed by atoms with Crippen LogP contribution in [0.2, 0.25) is 0 Å². The standard InChI is InChI=1S/C30H39NO8/c1-4-18(2)30(37)39-27-13-12-25(31-38-17-20-8-6-5-7-9-20)24-16-26(34)19(3)23(29(24)27)11-10-21(32)14-22(33)15-28(35)36/h5-9,16,18-19,22-23,27,29,33H,4,10-15,17H2,1-3H3,(H,35,36)/b31-25-. The lowest BCUT2D eigenvalue weighted by molar-refractivity contribution is -0.158. The smallest absolute Gasteiger partial charge is 0.308 e. The van der Waals surface area contributed by atoms with E-state index in [1.807, 2.05) is 51.1 Å². The highest BCUT2D eigenvalue weighted by molar-refractivity contribution is 6.08. The number of esters is 1. The number of aliphatic hydroxyl groups is 1. The summed E-state index contributed by atoms with van der Waals surface area (Å²) in [6.45, 7) is 5.82. The number of nitrogens with zero attached hydrogens (tertiary/aromatic N) is 1. The number of aliphatic carboxylic acids is 1. The van der Waals surface area contributed by atoms with Gasteiger partial charge in [-0.2, -0.15) is 0 Å². The third kappa shape index (κ3) is 8.33. The molecule has 9 heteroatoms. The van der Waals surface area contributed by atoms with Crippen LogP contribution in [0.25, 0.3) is 0 Å². The summed E-state index contributed by atoms with van der Waals surface area (Å²) >= 11 is 0. The number of carbonyl (C=O) groups is 4. The van der Waals surface area contributed by atoms with Gasteiger partial charge in [0.05, 0.1) is 24.2 Å². The molecule has 1 fully saturated rings. The van der Waals surface area contributed by atoms with Gasteiger partial charge in [-0.1, -0.05) is 56.3 Å². The molecule has 0 aromatic heterocycles. The van der Waals surface area contributed by atoms with Gasteiger partial charge in [0, 0.05) is 24.7 Å². The van der Waals surface area contributed by atoms with Crippen LogP contribution in [-0.4, -0.2) is 51.6 Å². The van der Waals surface area contributed by atoms with Gasteiger partial charge in [0.1, 0.15) is 18.5 Å². The van der Waals surface area contributed by atoms with E-state index in [0.29, 0.717) is 37.0 Å². The number of rotatable bonds is 13. The topological polar surface area (TPSA) is 140 Å². The molecule has 0 amide bonds. The number of aliphatic hydroxyl groups excluding tert-OH is 1. The molecule has 1 aromatic carbocycles. The van der Waals surface area contributed by atoms with Gasteiger partial charge < -0.3 is 19.8 Å². The molecule has 9 nitrogen and oxygen atoms in total. The molecule has 3 rings (SSSR count). The molecule has 0 bridgehead atoms. The Bertz CT molecular complexity index is 1100. The summed E-state index contributed by atoms with van der Waals surface area (Å²) in [5, 5.41) is 23.1. The van der Waals surface area contributed by atoms with Gasteiger partial charge in [-0.15, -0.1) is 0 Å². The number of carboxylic acids is 1. The highest BCUT2D eigenvalue weighted by Crippen LogP contribution is 2.44. The zero-order chi connectivity index (χ0) is 28.5. The normalized spacial score (nSPS) is 25.3. The first-order valence-corrected chi connectivity index (χ1v) is 13.7. The van der Waals surface area contributed by atoms with Crippen molar-refractivity contribution in [3.63, 3.8) is 0 Å². The fraction of sp³-hybridized carbons (Fsp3) is 0.567. The minimum absolute atomic E-state index is 0.0752. The molecule has 6 atom stereocenters. The predicted molar refractivity (Wildman–Crippen MR) is 144 cm³/mol. The van der Waals surface area contributed by atoms with Gasteiger partial charge in [0.25, 0.3) is 0 Å². The molecule has 212 valence electrons. The Hall–Kier alpha value is -3.33. The van der Waals surface area contributed by atoms with E-state index in [1.54, 1.807) is 6.08 Å². The lowest BCUT2D eigenvalue weighted by atomic mass is 9.63. The SMILES string of the molecule is CCC(C)C(=O)OC1CC/C(=N/OCc2ccccc2)C2=CC(=O)C(C)C(CCC(=O)CC(O)CC(=O)O)C21. The maximum atomic E-state index is 13.1. The molecule has 2 aliphatic carbocycles. The maximum absolute atomic E-state index is 13.1. The van der Waals surface area contributed by atoms with E-state index < -0.39 is 30.5 Å². The number of oxime groups is 1. The lowest BCUT2D eigenvalue weighted by Crippen LogP contribution is -2.46. The average Bonchev–Trinajstić information content (AvgIpc) is 2.89. The fourth-order valence-electron chi connectivity index (χ4n) is 5.31. The molecule has 1 saturated carbocycles. The Balaban J connectivity index is 1.82. The van der Waals surface area contributed by atoms with Crippen molar-refractivity contribution in [2.45, 2.75) is 84.5 Å². The zero-order valence-corrected chi connectivity index (χ0v) is 22.9. The van der Waals surface area contributed by atoms with Crippen LogP contribution in [0.1, 0.15) is 71.3 Å². The number of carboxylic acid groups (broad SMARTS) is 1. The third-order valence-electron chi connectivity index (χ3n) is 7.77. The van der Waals surface area contributed by atoms with Crippen molar-refractivity contribution < 1.29 is 39.0 Å². The Morgan fingerprint density at radius 1 is 1.15 bits per heavy atom. The second-order valence-electron chi connectivity index (χ2n) is 10.6. The van der Waals surface area contributed by atoms with Crippen LogP contribution in [0.4, 0.5) is 0 Å². The quantitative estimate of drug-likeness (QED) is 0.279. The highest BCUT2D eigenvalue weighted by Gasteiger charge is 2.46. The van der Waals surface area contributed by atoms with Gasteiger partial charge in [0.2, 0.25) is 0 Å². The van der Waals surface area contributed by atoms with Crippen molar-refractivity contribution >= 4 is 29.2 Å². The predicted octanol–water partition coefficient (Wildman–Crippen LogP) is 4.26. The first-order valence-electron chi connectivity index (χ1n) is 13.7. The largest absolute Gasteiger partial charge is 0.481 e. The minimum atomic E-state index is -1.25. The van der Waals surface area contributed by atoms with E-state index in [0.717, 1.165) is 5.56 Å². The van der Waals surface area contributed by atoms with Crippen LogP contribution in [0, 0.1) is 23.7 Å². The van der Waals surface area contributed by atoms with E-state index in [1.165, 1.54) is 0 Å². The molecular formula is C30H39NO8. The second-order valence-corrected chi connectivity index (χ2v) is 10.6. The Labute approximate surface area is 229 Å². The van der Waals surface area contributed by atoms with Crippen molar-refractivity contribution in [1.29, 1.82) is 0 Å². The highest BCUT2D eigenvalue weighted by atomic mass is 16.6. The van der Waals surface area contributed by atoms with E-state index in [-0.39, 0.29) is 54.7 Å². The summed E-state index contributed by atoms with van der Waals surface area (Å²) in [7, 11) is 0. The van der Waals surface area contributed by atoms with Gasteiger partial charge in [0.15, 0.2) is 5.78 Å². The number of carbonyl (C=O) groups excluding carboxylic acids is 3. The zero-order valence-electron chi connectivity index (χ0n) is 22.9. The van der Waals surface area contributed by atoms with Crippen LogP contribution in [0.5, 0.6) is 0 Å². The van der Waals surface area contributed by atoms with E-state index in [4.69, 9.17) is 14.7 Å². The third-order valence-corrected chi connectivity index (χ3v) is 7.77. The summed E-state index contributed by atoms with van der Waals surface area (Å²) in [4.78, 5) is 54.9. The molecule has 0 radical (unpaired) electrons. The number of benzene rings is 1. The molecule has 39 heavy (non-hydrogen) atoms. The van der Waals surface area contributed by atoms with Crippen molar-refractivity contribution in [3.05, 3.63) is 47.5 Å². The maximum Gasteiger partial charge on any atom is 0.308 e. The van der Waals surface area contributed by atoms with Crippen LogP contribution in [0.3, 0.4) is 0 Å². The molecule has 1 aromatic rings. The molecule has 0 saturated heterocycles. The van der Waals surface area contributed by atoms with Crippen molar-refractivity contribution in [2.75, 3.05) is 0 Å². The summed E-state index contributed by atoms with van der Waals surface area (Å²) in [6.07, 6.45) is 1.13. The summed E-state index contributed by atoms with van der Waals surface area (Å²) in [5.74, 6) is -3.14. The lowest BCUT2D eigenvalue weighted by Gasteiger charge is -2.43. The first kappa shape index (κ1) is 30.2. The van der Waals surface area contributed by atoms with E-state index >= 15 is 0 Å². The van der Waals surface area contributed by atoms with Crippen LogP contribution < -0.4 is 0 Å². The van der Waals surface area contributed by atoms with Gasteiger partial charge >= 0.3 is 11.9 Å². The first-order chi connectivity index (χ1) is 18.6. The number of hydrogen-bond acceptors (Lipinski definition) is 8. The van der Waals surface area contributed by atoms with Crippen molar-refractivity contribution in [3.8, 4) is 0 Å². The molecule has 6 unspecified atom stereocenters. The Morgan fingerprint density at radius 3 is 2.54 bits per heavy atom. The number of ether oxygens (including phenoxy) is 1. The monoisotopic (exact) mass is 541 g/mol. The average molecular weight is 542 g/mol. The van der Waals surface area contributed by atoms with Crippen LogP contribution >= 0.6 is 0 Å². The number of hydrogen-bond donors (Lipinski definition) is 2. The fourth-order valence-corrected chi connectivity index (χ4v) is 5.31. The molecule has 0 aliphatic heterocycles. The summed E-state index contributed by atoms with van der Waals surface area (Å²) in [5.41, 5.74) is 2.28. The number of fused-ring (bicyclic) bond motifs is 1. The molecule has 2 aliphatic rings. The second kappa shape index (κ2) is 14.2. The van der Waals surface area contributed by atoms with Crippen molar-refractivity contribution in [1.82, 2.24) is 0 Å². The number of allylic oxidation sites excluding steroid dienone is 1. The van der Waals surface area contributed by atoms with Gasteiger partial charge in [-0.25, -0.2) is 0 Å². The minimum Gasteiger partial charge on any atom is -0.481 e. The molecule has 2 N–H and O–H groups in total. The number of Topliss-reactive ketones (excluding diaryl/α,β-unsaturated/α-hetero) is 1. The Morgan fingerprint density at radius 2 is 1.87 bits per heavy atom. The Kier molecular flexibility index (Phi) is 11.0. The van der Waals surface area contributed by atoms with E-state index in [9.17, 15) is 24.3 Å². The number of ketones is 2. The van der Waals surface area contributed by atoms with Gasteiger partial charge in [-0.05, 0) is 48.8 Å². The molecular weight excluding hydrogens is 502 g/mol.